The van der Waals surface area contributed by atoms with Gasteiger partial charge in [-0.1, -0.05) is 13.8 Å². The Bertz CT molecular complexity index is 729. The van der Waals surface area contributed by atoms with Crippen molar-refractivity contribution in [2.75, 3.05) is 12.1 Å². The van der Waals surface area contributed by atoms with E-state index in [4.69, 9.17) is 9.47 Å². The second kappa shape index (κ2) is 5.63. The Labute approximate surface area is 128 Å². The van der Waals surface area contributed by atoms with E-state index in [-0.39, 0.29) is 18.6 Å². The summed E-state index contributed by atoms with van der Waals surface area (Å²) < 4.78 is 10.5. The normalized spacial score (nSPS) is 12.5. The molecular weight excluding hydrogens is 282 g/mol. The minimum absolute atomic E-state index is 0.205. The molecule has 3 rings (SSSR count). The van der Waals surface area contributed by atoms with E-state index in [0.29, 0.717) is 28.4 Å². The molecular formula is C16H17N3O3. The first-order chi connectivity index (χ1) is 10.5. The maximum absolute atomic E-state index is 12.4. The van der Waals surface area contributed by atoms with Gasteiger partial charge in [0.25, 0.3) is 5.91 Å². The summed E-state index contributed by atoms with van der Waals surface area (Å²) in [5.74, 6) is 2.02. The van der Waals surface area contributed by atoms with Gasteiger partial charge in [0, 0.05) is 23.9 Å². The van der Waals surface area contributed by atoms with Crippen LogP contribution in [0.3, 0.4) is 0 Å². The summed E-state index contributed by atoms with van der Waals surface area (Å²) in [6, 6.07) is 5.27. The molecule has 0 radical (unpaired) electrons. The Morgan fingerprint density at radius 1 is 1.27 bits per heavy atom. The van der Waals surface area contributed by atoms with Crippen LogP contribution in [-0.4, -0.2) is 22.7 Å². The standard InChI is InChI=1S/C16H17N3O3/c1-9(2)15-17-7-12(10(3)18-15)16(20)19-11-4-5-13-14(6-11)22-8-21-13/h4-7,9H,8H2,1-3H3,(H,19,20). The molecule has 0 aliphatic carbocycles. The molecule has 0 bridgehead atoms. The molecule has 6 nitrogen and oxygen atoms in total. The van der Waals surface area contributed by atoms with Crippen LogP contribution in [0.1, 0.15) is 41.6 Å². The number of benzene rings is 1. The van der Waals surface area contributed by atoms with Gasteiger partial charge in [-0.15, -0.1) is 0 Å². The number of aromatic nitrogens is 2. The van der Waals surface area contributed by atoms with Crippen molar-refractivity contribution >= 4 is 11.6 Å². The topological polar surface area (TPSA) is 73.3 Å². The molecule has 0 spiro atoms. The van der Waals surface area contributed by atoms with Gasteiger partial charge in [0.15, 0.2) is 11.5 Å². The first-order valence-corrected chi connectivity index (χ1v) is 7.09. The Kier molecular flexibility index (Phi) is 3.66. The quantitative estimate of drug-likeness (QED) is 0.943. The summed E-state index contributed by atoms with van der Waals surface area (Å²) in [7, 11) is 0. The van der Waals surface area contributed by atoms with E-state index < -0.39 is 0 Å². The van der Waals surface area contributed by atoms with E-state index in [1.165, 1.54) is 0 Å². The number of hydrogen-bond acceptors (Lipinski definition) is 5. The van der Waals surface area contributed by atoms with Gasteiger partial charge in [0.05, 0.1) is 11.3 Å². The Hall–Kier alpha value is -2.63. The molecule has 2 aromatic rings. The molecule has 1 aromatic carbocycles. The van der Waals surface area contributed by atoms with Gasteiger partial charge in [-0.3, -0.25) is 4.79 Å². The van der Waals surface area contributed by atoms with E-state index in [1.807, 2.05) is 20.8 Å². The molecule has 22 heavy (non-hydrogen) atoms. The van der Waals surface area contributed by atoms with E-state index in [0.717, 1.165) is 5.82 Å². The first-order valence-electron chi connectivity index (χ1n) is 7.09. The number of anilines is 1. The fraction of sp³-hybridized carbons (Fsp3) is 0.312. The molecule has 6 heteroatoms. The number of nitrogens with zero attached hydrogens (tertiary/aromatic N) is 2. The average molecular weight is 299 g/mol. The Morgan fingerprint density at radius 3 is 2.77 bits per heavy atom. The van der Waals surface area contributed by atoms with Crippen molar-refractivity contribution in [2.45, 2.75) is 26.7 Å². The van der Waals surface area contributed by atoms with Crippen molar-refractivity contribution in [3.8, 4) is 11.5 Å². The Balaban J connectivity index is 1.80. The monoisotopic (exact) mass is 299 g/mol. The third-order valence-corrected chi connectivity index (χ3v) is 3.39. The molecule has 0 atom stereocenters. The Morgan fingerprint density at radius 2 is 2.05 bits per heavy atom. The number of fused-ring (bicyclic) bond motifs is 1. The molecule has 0 unspecified atom stereocenters. The van der Waals surface area contributed by atoms with Crippen molar-refractivity contribution in [1.29, 1.82) is 0 Å². The summed E-state index contributed by atoms with van der Waals surface area (Å²) in [5, 5.41) is 2.82. The molecule has 2 heterocycles. The van der Waals surface area contributed by atoms with Crippen LogP contribution in [0.5, 0.6) is 11.5 Å². The molecule has 1 aliphatic heterocycles. The van der Waals surface area contributed by atoms with Crippen molar-refractivity contribution in [3.05, 3.63) is 41.5 Å². The van der Waals surface area contributed by atoms with Crippen LogP contribution in [0.15, 0.2) is 24.4 Å². The highest BCUT2D eigenvalue weighted by Gasteiger charge is 2.16. The largest absolute Gasteiger partial charge is 0.454 e. The number of nitrogens with one attached hydrogen (secondary N) is 1. The SMILES string of the molecule is Cc1nc(C(C)C)ncc1C(=O)Nc1ccc2c(c1)OCO2. The van der Waals surface area contributed by atoms with Gasteiger partial charge < -0.3 is 14.8 Å². The predicted molar refractivity (Wildman–Crippen MR) is 81.4 cm³/mol. The first kappa shape index (κ1) is 14.3. The van der Waals surface area contributed by atoms with Crippen molar-refractivity contribution in [3.63, 3.8) is 0 Å². The number of ether oxygens (including phenoxy) is 2. The zero-order valence-corrected chi connectivity index (χ0v) is 12.7. The van der Waals surface area contributed by atoms with Gasteiger partial charge in [0.2, 0.25) is 6.79 Å². The van der Waals surface area contributed by atoms with E-state index in [1.54, 1.807) is 24.4 Å². The van der Waals surface area contributed by atoms with Gasteiger partial charge in [-0.05, 0) is 19.1 Å². The number of amides is 1. The molecule has 1 aliphatic rings. The minimum atomic E-state index is -0.244. The second-order valence-corrected chi connectivity index (χ2v) is 5.40. The zero-order valence-electron chi connectivity index (χ0n) is 12.7. The third-order valence-electron chi connectivity index (χ3n) is 3.39. The lowest BCUT2D eigenvalue weighted by molar-refractivity contribution is 0.102. The molecule has 0 saturated heterocycles. The van der Waals surface area contributed by atoms with E-state index in [2.05, 4.69) is 15.3 Å². The van der Waals surface area contributed by atoms with Crippen LogP contribution in [0.4, 0.5) is 5.69 Å². The maximum Gasteiger partial charge on any atom is 0.259 e. The van der Waals surface area contributed by atoms with Crippen LogP contribution < -0.4 is 14.8 Å². The van der Waals surface area contributed by atoms with Gasteiger partial charge >= 0.3 is 0 Å². The van der Waals surface area contributed by atoms with Crippen LogP contribution in [0.25, 0.3) is 0 Å². The van der Waals surface area contributed by atoms with Crippen molar-refractivity contribution in [2.24, 2.45) is 0 Å². The van der Waals surface area contributed by atoms with Crippen LogP contribution in [0, 0.1) is 6.92 Å². The lowest BCUT2D eigenvalue weighted by Crippen LogP contribution is -2.15. The summed E-state index contributed by atoms with van der Waals surface area (Å²) in [4.78, 5) is 21.0. The predicted octanol–water partition coefficient (Wildman–Crippen LogP) is 2.89. The maximum atomic E-state index is 12.4. The highest BCUT2D eigenvalue weighted by molar-refractivity contribution is 6.04. The second-order valence-electron chi connectivity index (χ2n) is 5.40. The zero-order chi connectivity index (χ0) is 15.7. The number of carbonyl (C=O) groups is 1. The molecule has 1 N–H and O–H groups in total. The molecule has 1 aromatic heterocycles. The summed E-state index contributed by atoms with van der Waals surface area (Å²) in [6.07, 6.45) is 1.57. The summed E-state index contributed by atoms with van der Waals surface area (Å²) in [6.45, 7) is 6.04. The molecule has 0 fully saturated rings. The summed E-state index contributed by atoms with van der Waals surface area (Å²) >= 11 is 0. The smallest absolute Gasteiger partial charge is 0.259 e. The van der Waals surface area contributed by atoms with Crippen LogP contribution >= 0.6 is 0 Å². The van der Waals surface area contributed by atoms with Crippen LogP contribution in [-0.2, 0) is 0 Å². The molecule has 0 saturated carbocycles. The lowest BCUT2D eigenvalue weighted by Gasteiger charge is -2.10. The van der Waals surface area contributed by atoms with Gasteiger partial charge in [-0.25, -0.2) is 9.97 Å². The van der Waals surface area contributed by atoms with Gasteiger partial charge in [-0.2, -0.15) is 0 Å². The fourth-order valence-electron chi connectivity index (χ4n) is 2.16. The number of carbonyl (C=O) groups excluding carboxylic acids is 1. The van der Waals surface area contributed by atoms with Crippen molar-refractivity contribution < 1.29 is 14.3 Å². The van der Waals surface area contributed by atoms with Gasteiger partial charge in [0.1, 0.15) is 5.82 Å². The highest BCUT2D eigenvalue weighted by Crippen LogP contribution is 2.34. The summed E-state index contributed by atoms with van der Waals surface area (Å²) in [5.41, 5.74) is 1.76. The van der Waals surface area contributed by atoms with E-state index in [9.17, 15) is 4.79 Å². The minimum Gasteiger partial charge on any atom is -0.454 e. The highest BCUT2D eigenvalue weighted by atomic mass is 16.7. The van der Waals surface area contributed by atoms with Crippen molar-refractivity contribution in [1.82, 2.24) is 9.97 Å². The third kappa shape index (κ3) is 2.72. The molecule has 1 amide bonds. The van der Waals surface area contributed by atoms with Crippen LogP contribution in [0.2, 0.25) is 0 Å². The molecule has 114 valence electrons. The number of rotatable bonds is 3. The number of hydrogen-bond donors (Lipinski definition) is 1. The average Bonchev–Trinajstić information content (AvgIpc) is 2.94. The lowest BCUT2D eigenvalue weighted by atomic mass is 10.1. The number of aryl methyl sites for hydroxylation is 1. The fourth-order valence-corrected chi connectivity index (χ4v) is 2.16. The van der Waals surface area contributed by atoms with E-state index >= 15 is 0 Å².